The summed E-state index contributed by atoms with van der Waals surface area (Å²) in [5.41, 5.74) is 0.529. The summed E-state index contributed by atoms with van der Waals surface area (Å²) in [6, 6.07) is 5.38. The van der Waals surface area contributed by atoms with Crippen LogP contribution in [0.1, 0.15) is 56.6 Å². The van der Waals surface area contributed by atoms with Gasteiger partial charge in [0.15, 0.2) is 11.5 Å². The van der Waals surface area contributed by atoms with Crippen molar-refractivity contribution in [3.8, 4) is 0 Å². The van der Waals surface area contributed by atoms with Crippen LogP contribution in [0, 0.1) is 23.6 Å². The van der Waals surface area contributed by atoms with Gasteiger partial charge < -0.3 is 4.74 Å². The zero-order valence-electron chi connectivity index (χ0n) is 18.4. The third-order valence-corrected chi connectivity index (χ3v) is 7.50. The van der Waals surface area contributed by atoms with E-state index in [-0.39, 0.29) is 34.7 Å². The number of hydrogen-bond acceptors (Lipinski definition) is 6. The molecule has 1 fully saturated rings. The van der Waals surface area contributed by atoms with E-state index in [0.29, 0.717) is 17.0 Å². The molecule has 1 aromatic heterocycles. The molecule has 0 saturated heterocycles. The molecule has 0 bridgehead atoms. The highest BCUT2D eigenvalue weighted by molar-refractivity contribution is 7.15. The van der Waals surface area contributed by atoms with Crippen molar-refractivity contribution in [2.75, 3.05) is 4.90 Å². The fourth-order valence-corrected chi connectivity index (χ4v) is 6.12. The van der Waals surface area contributed by atoms with Gasteiger partial charge in [-0.15, -0.1) is 10.2 Å². The fraction of sp³-hybridized carbons (Fsp3) is 0.500. The second kappa shape index (κ2) is 8.06. The molecule has 2 aromatic rings. The van der Waals surface area contributed by atoms with E-state index in [1.807, 2.05) is 0 Å². The second-order valence-corrected chi connectivity index (χ2v) is 10.5. The summed E-state index contributed by atoms with van der Waals surface area (Å²) in [5.74, 6) is -0.459. The van der Waals surface area contributed by atoms with Crippen LogP contribution in [0.5, 0.6) is 0 Å². The predicted octanol–water partition coefficient (Wildman–Crippen LogP) is 4.62. The second-order valence-electron chi connectivity index (χ2n) is 9.46. The first-order valence-electron chi connectivity index (χ1n) is 11.2. The molecule has 6 nitrogen and oxygen atoms in total. The lowest BCUT2D eigenvalue weighted by Crippen LogP contribution is -2.41. The average molecular weight is 456 g/mol. The van der Waals surface area contributed by atoms with Crippen molar-refractivity contribution in [1.29, 1.82) is 0 Å². The number of carbonyl (C=O) groups excluding carboxylic acids is 2. The van der Waals surface area contributed by atoms with Crippen LogP contribution in [0.15, 0.2) is 35.6 Å². The normalized spacial score (nSPS) is 27.6. The van der Waals surface area contributed by atoms with Crippen molar-refractivity contribution in [2.45, 2.75) is 58.6 Å². The number of benzene rings is 1. The Morgan fingerprint density at radius 1 is 1.22 bits per heavy atom. The molecule has 5 rings (SSSR count). The number of aromatic nitrogens is 2. The molecule has 32 heavy (non-hydrogen) atoms. The van der Waals surface area contributed by atoms with E-state index < -0.39 is 17.8 Å². The Morgan fingerprint density at radius 2 is 2.00 bits per heavy atom. The molecule has 168 valence electrons. The highest BCUT2D eigenvalue weighted by Gasteiger charge is 2.54. The summed E-state index contributed by atoms with van der Waals surface area (Å²) in [6.07, 6.45) is 2.85. The number of hydrogen-bond donors (Lipinski definition) is 0. The van der Waals surface area contributed by atoms with Gasteiger partial charge in [0.1, 0.15) is 23.0 Å². The molecule has 1 saturated carbocycles. The summed E-state index contributed by atoms with van der Waals surface area (Å²) >= 11 is 1.31. The third kappa shape index (κ3) is 3.45. The number of fused-ring (bicyclic) bond motifs is 1. The van der Waals surface area contributed by atoms with Crippen molar-refractivity contribution < 1.29 is 18.7 Å². The first kappa shape index (κ1) is 21.2. The largest absolute Gasteiger partial charge is 0.483 e. The Bertz CT molecular complexity index is 1110. The van der Waals surface area contributed by atoms with Crippen LogP contribution in [0.25, 0.3) is 0 Å². The van der Waals surface area contributed by atoms with E-state index in [9.17, 15) is 14.0 Å². The number of amides is 1. The predicted molar refractivity (Wildman–Crippen MR) is 118 cm³/mol. The monoisotopic (exact) mass is 455 g/mol. The Morgan fingerprint density at radius 3 is 2.75 bits per heavy atom. The maximum absolute atomic E-state index is 15.0. The number of ether oxygens (including phenoxy) is 1. The number of ketones is 1. The third-order valence-electron chi connectivity index (χ3n) is 6.55. The lowest BCUT2D eigenvalue weighted by Gasteiger charge is -2.37. The molecule has 2 aliphatic heterocycles. The first-order valence-corrected chi connectivity index (χ1v) is 12.0. The number of carbonyl (C=O) groups is 2. The van der Waals surface area contributed by atoms with Crippen molar-refractivity contribution in [3.05, 3.63) is 52.0 Å². The number of rotatable bonds is 4. The molecule has 0 N–H and O–H groups in total. The number of Topliss-reactive ketones (excluding diaryl/α,β-unsaturated/α-hetero) is 1. The quantitative estimate of drug-likeness (QED) is 0.673. The minimum absolute atomic E-state index is 0.0552. The van der Waals surface area contributed by atoms with E-state index in [4.69, 9.17) is 4.74 Å². The zero-order valence-corrected chi connectivity index (χ0v) is 19.2. The van der Waals surface area contributed by atoms with Gasteiger partial charge in [-0.2, -0.15) is 0 Å². The Balaban J connectivity index is 1.61. The zero-order chi connectivity index (χ0) is 22.6. The van der Waals surface area contributed by atoms with Gasteiger partial charge in [-0.25, -0.2) is 4.39 Å². The molecule has 0 radical (unpaired) electrons. The lowest BCUT2D eigenvalue weighted by atomic mass is 9.74. The van der Waals surface area contributed by atoms with E-state index in [1.165, 1.54) is 22.3 Å². The SMILES string of the molecule is CC(C)Cc1nnc(N2C(=O)C3=C(C(=O)C4CC(C)CCC4O3)C2c2ccccc2F)s1. The van der Waals surface area contributed by atoms with Crippen LogP contribution in [-0.2, 0) is 20.7 Å². The molecule has 4 unspecified atom stereocenters. The summed E-state index contributed by atoms with van der Waals surface area (Å²) in [4.78, 5) is 28.6. The van der Waals surface area contributed by atoms with Crippen molar-refractivity contribution in [2.24, 2.45) is 17.8 Å². The van der Waals surface area contributed by atoms with Crippen molar-refractivity contribution >= 4 is 28.2 Å². The Hall–Kier alpha value is -2.61. The van der Waals surface area contributed by atoms with Gasteiger partial charge in [-0.3, -0.25) is 14.5 Å². The summed E-state index contributed by atoms with van der Waals surface area (Å²) in [6.45, 7) is 6.30. The highest BCUT2D eigenvalue weighted by atomic mass is 32.1. The van der Waals surface area contributed by atoms with Gasteiger partial charge in [0.25, 0.3) is 5.91 Å². The van der Waals surface area contributed by atoms with Crippen LogP contribution in [0.2, 0.25) is 0 Å². The van der Waals surface area contributed by atoms with Crippen molar-refractivity contribution in [1.82, 2.24) is 10.2 Å². The van der Waals surface area contributed by atoms with Gasteiger partial charge in [-0.1, -0.05) is 50.3 Å². The van der Waals surface area contributed by atoms with Crippen LogP contribution in [-0.4, -0.2) is 28.0 Å². The molecule has 1 aliphatic carbocycles. The number of nitrogens with zero attached hydrogens (tertiary/aromatic N) is 3. The molecule has 3 aliphatic rings. The molecule has 3 heterocycles. The van der Waals surface area contributed by atoms with E-state index in [2.05, 4.69) is 31.0 Å². The van der Waals surface area contributed by atoms with Crippen LogP contribution in [0.4, 0.5) is 9.52 Å². The minimum atomic E-state index is -0.899. The van der Waals surface area contributed by atoms with Gasteiger partial charge >= 0.3 is 0 Å². The van der Waals surface area contributed by atoms with Gasteiger partial charge in [0, 0.05) is 12.0 Å². The maximum Gasteiger partial charge on any atom is 0.296 e. The molecular formula is C24H26FN3O3S. The summed E-state index contributed by atoms with van der Waals surface area (Å²) < 4.78 is 21.1. The summed E-state index contributed by atoms with van der Waals surface area (Å²) in [5, 5.41) is 9.65. The lowest BCUT2D eigenvalue weighted by molar-refractivity contribution is -0.132. The van der Waals surface area contributed by atoms with Gasteiger partial charge in [-0.05, 0) is 37.2 Å². The van der Waals surface area contributed by atoms with Crippen LogP contribution in [0.3, 0.4) is 0 Å². The molecule has 8 heteroatoms. The summed E-state index contributed by atoms with van der Waals surface area (Å²) in [7, 11) is 0. The number of halogens is 1. The highest BCUT2D eigenvalue weighted by Crippen LogP contribution is 2.49. The number of anilines is 1. The average Bonchev–Trinajstić information content (AvgIpc) is 3.31. The fourth-order valence-electron chi connectivity index (χ4n) is 5.04. The standard InChI is InChI=1S/C24H26FN3O3S/c1-12(2)10-18-26-27-24(32-18)28-20(14-6-4-5-7-16(14)25)19-21(29)15-11-13(3)8-9-17(15)31-22(19)23(28)30/h4-7,12-13,15,17,20H,8-11H2,1-3H3. The van der Waals surface area contributed by atoms with E-state index in [0.717, 1.165) is 30.7 Å². The minimum Gasteiger partial charge on any atom is -0.483 e. The van der Waals surface area contributed by atoms with E-state index >= 15 is 0 Å². The molecular weight excluding hydrogens is 429 g/mol. The van der Waals surface area contributed by atoms with Crippen LogP contribution >= 0.6 is 11.3 Å². The molecule has 1 aromatic carbocycles. The maximum atomic E-state index is 15.0. The van der Waals surface area contributed by atoms with Crippen LogP contribution < -0.4 is 4.90 Å². The van der Waals surface area contributed by atoms with Gasteiger partial charge in [0.2, 0.25) is 5.13 Å². The first-order chi connectivity index (χ1) is 15.3. The molecule has 4 atom stereocenters. The Kier molecular flexibility index (Phi) is 5.35. The smallest absolute Gasteiger partial charge is 0.296 e. The van der Waals surface area contributed by atoms with E-state index in [1.54, 1.807) is 18.2 Å². The topological polar surface area (TPSA) is 72.4 Å². The Labute approximate surface area is 190 Å². The van der Waals surface area contributed by atoms with Gasteiger partial charge in [0.05, 0.1) is 11.5 Å². The molecule has 1 amide bonds. The van der Waals surface area contributed by atoms with Crippen molar-refractivity contribution in [3.63, 3.8) is 0 Å². The molecule has 0 spiro atoms.